The van der Waals surface area contributed by atoms with Crippen molar-refractivity contribution in [3.8, 4) is 22.3 Å². The summed E-state index contributed by atoms with van der Waals surface area (Å²) in [5, 5.41) is 16.4. The summed E-state index contributed by atoms with van der Waals surface area (Å²) in [5.74, 6) is 0. The molecule has 1 aliphatic carbocycles. The Kier molecular flexibility index (Phi) is 9.43. The molecule has 2 aromatic heterocycles. The Morgan fingerprint density at radius 3 is 1.39 bits per heavy atom. The molecule has 2 heterocycles. The molecule has 0 bridgehead atoms. The normalized spacial score (nSPS) is 13.8. The Bertz CT molecular complexity index is 4860. The van der Waals surface area contributed by atoms with E-state index in [1.54, 1.807) is 0 Å². The molecule has 0 radical (unpaired) electrons. The van der Waals surface area contributed by atoms with E-state index in [0.717, 1.165) is 106 Å². The van der Waals surface area contributed by atoms with E-state index in [9.17, 15) is 0 Å². The lowest BCUT2D eigenvalue weighted by atomic mass is 9.91. The molecule has 356 valence electrons. The zero-order chi connectivity index (χ0) is 49.8. The van der Waals surface area contributed by atoms with Crippen LogP contribution in [0.15, 0.2) is 270 Å². The molecular weight excluding hydrogens is 925 g/mol. The van der Waals surface area contributed by atoms with Crippen molar-refractivity contribution in [1.82, 2.24) is 0 Å². The van der Waals surface area contributed by atoms with Crippen molar-refractivity contribution in [2.24, 2.45) is 0 Å². The first-order valence-electron chi connectivity index (χ1n) is 26.3. The van der Waals surface area contributed by atoms with Crippen LogP contribution in [-0.2, 0) is 0 Å². The minimum absolute atomic E-state index is 0.0283. The number of hydrogen-bond acceptors (Lipinski definition) is 4. The van der Waals surface area contributed by atoms with Crippen LogP contribution >= 0.6 is 0 Å². The van der Waals surface area contributed by atoms with E-state index in [1.165, 1.54) is 48.5 Å². The van der Waals surface area contributed by atoms with Crippen LogP contribution in [0.25, 0.3) is 120 Å². The summed E-state index contributed by atoms with van der Waals surface area (Å²) in [6.07, 6.45) is 9.82. The van der Waals surface area contributed by atoms with E-state index in [2.05, 4.69) is 271 Å². The van der Waals surface area contributed by atoms with Gasteiger partial charge in [0.05, 0.1) is 23.1 Å². The number of anilines is 5. The van der Waals surface area contributed by atoms with Gasteiger partial charge in [-0.15, -0.1) is 0 Å². The van der Waals surface area contributed by atoms with Crippen molar-refractivity contribution < 1.29 is 8.83 Å². The first kappa shape index (κ1) is 42.6. The van der Waals surface area contributed by atoms with Crippen molar-refractivity contribution >= 4 is 126 Å². The molecule has 0 saturated heterocycles. The van der Waals surface area contributed by atoms with E-state index in [1.807, 2.05) is 0 Å². The molecule has 1 aliphatic rings. The van der Waals surface area contributed by atoms with E-state index >= 15 is 0 Å². The van der Waals surface area contributed by atoms with Gasteiger partial charge in [-0.1, -0.05) is 212 Å². The maximum absolute atomic E-state index is 7.32. The lowest BCUT2D eigenvalue weighted by Gasteiger charge is -2.34. The lowest BCUT2D eigenvalue weighted by molar-refractivity contribution is 0.665. The summed E-state index contributed by atoms with van der Waals surface area (Å²) in [7, 11) is 0. The summed E-state index contributed by atoms with van der Waals surface area (Å²) >= 11 is 0. The third-order valence-corrected chi connectivity index (χ3v) is 16.0. The van der Waals surface area contributed by atoms with E-state index in [0.29, 0.717) is 0 Å². The quantitative estimate of drug-likeness (QED) is 0.142. The fraction of sp³-hybridized carbons (Fsp3) is 0.0278. The number of benzene rings is 13. The third-order valence-electron chi connectivity index (χ3n) is 16.0. The zero-order valence-electron chi connectivity index (χ0n) is 41.3. The third kappa shape index (κ3) is 6.37. The molecule has 15 aromatic rings. The minimum atomic E-state index is 0.0283. The highest BCUT2D eigenvalue weighted by atomic mass is 16.3. The van der Waals surface area contributed by atoms with Gasteiger partial charge >= 0.3 is 0 Å². The molecule has 0 amide bonds. The highest BCUT2D eigenvalue weighted by Crippen LogP contribution is 2.52. The minimum Gasteiger partial charge on any atom is -0.453 e. The van der Waals surface area contributed by atoms with Gasteiger partial charge in [0.15, 0.2) is 11.2 Å². The highest BCUT2D eigenvalue weighted by molar-refractivity contribution is 6.30. The molecule has 4 heteroatoms. The van der Waals surface area contributed by atoms with E-state index < -0.39 is 0 Å². The van der Waals surface area contributed by atoms with Crippen molar-refractivity contribution in [1.29, 1.82) is 0 Å². The standard InChI is InChI=1S/C72H46N2O2/c1-5-19-45(20-6-1)59-43-49-23-13-15-29-53(49)67-57-31-17-33-63(69(57)75-71(59)67)73(51-25-9-3-10-26-51)61-41-37-47-36-40-56-62(42-38-48-35-39-55(61)65(47)66(48)56)74(52-27-11-4-12-28-52)64-34-18-32-58-68-54-30-16-14-24-50(54)44-60(72(68)76-70(58)64)46-21-7-2-8-22-46/h1-27,29-44,52H,28H2. The molecule has 0 saturated carbocycles. The molecule has 76 heavy (non-hydrogen) atoms. The van der Waals surface area contributed by atoms with Crippen molar-refractivity contribution in [3.05, 3.63) is 261 Å². The summed E-state index contributed by atoms with van der Waals surface area (Å²) in [5.41, 5.74) is 13.2. The molecule has 16 rings (SSSR count). The molecule has 1 atom stereocenters. The molecule has 0 N–H and O–H groups in total. The molecule has 0 fully saturated rings. The van der Waals surface area contributed by atoms with Gasteiger partial charge in [-0.3, -0.25) is 0 Å². The van der Waals surface area contributed by atoms with Crippen LogP contribution in [0.5, 0.6) is 0 Å². The summed E-state index contributed by atoms with van der Waals surface area (Å²) < 4.78 is 14.6. The average molecular weight is 971 g/mol. The van der Waals surface area contributed by atoms with Crippen LogP contribution in [0.4, 0.5) is 28.4 Å². The van der Waals surface area contributed by atoms with Gasteiger partial charge in [0, 0.05) is 54.8 Å². The van der Waals surface area contributed by atoms with Crippen molar-refractivity contribution in [2.45, 2.75) is 12.5 Å². The maximum atomic E-state index is 7.32. The Morgan fingerprint density at radius 2 is 0.816 bits per heavy atom. The molecule has 0 spiro atoms. The van der Waals surface area contributed by atoms with Crippen LogP contribution < -0.4 is 9.80 Å². The van der Waals surface area contributed by atoms with Crippen LogP contribution in [-0.4, -0.2) is 6.04 Å². The van der Waals surface area contributed by atoms with Gasteiger partial charge in [0.25, 0.3) is 0 Å². The second-order valence-corrected chi connectivity index (χ2v) is 20.2. The topological polar surface area (TPSA) is 32.8 Å². The van der Waals surface area contributed by atoms with Crippen LogP contribution in [0, 0.1) is 0 Å². The average Bonchev–Trinajstić information content (AvgIpc) is 4.13. The molecule has 1 unspecified atom stereocenters. The number of nitrogens with zero attached hydrogens (tertiary/aromatic N) is 2. The predicted molar refractivity (Wildman–Crippen MR) is 321 cm³/mol. The van der Waals surface area contributed by atoms with Crippen LogP contribution in [0.1, 0.15) is 6.42 Å². The molecular formula is C72H46N2O2. The number of hydrogen-bond donors (Lipinski definition) is 0. The lowest BCUT2D eigenvalue weighted by Crippen LogP contribution is -2.30. The van der Waals surface area contributed by atoms with Gasteiger partial charge in [-0.2, -0.15) is 0 Å². The number of fused-ring (bicyclic) bond motifs is 10. The largest absolute Gasteiger partial charge is 0.453 e. The number of allylic oxidation sites excluding steroid dienone is 2. The fourth-order valence-electron chi connectivity index (χ4n) is 12.7. The molecule has 0 aliphatic heterocycles. The summed E-state index contributed by atoms with van der Waals surface area (Å²) in [4.78, 5) is 4.94. The number of furan rings is 2. The van der Waals surface area contributed by atoms with Crippen molar-refractivity contribution in [3.63, 3.8) is 0 Å². The van der Waals surface area contributed by atoms with Gasteiger partial charge in [0.1, 0.15) is 11.2 Å². The number of para-hydroxylation sites is 3. The van der Waals surface area contributed by atoms with Gasteiger partial charge in [-0.25, -0.2) is 0 Å². The second-order valence-electron chi connectivity index (χ2n) is 20.2. The van der Waals surface area contributed by atoms with E-state index in [4.69, 9.17) is 8.83 Å². The summed E-state index contributed by atoms with van der Waals surface area (Å²) in [6.45, 7) is 0. The maximum Gasteiger partial charge on any atom is 0.159 e. The van der Waals surface area contributed by atoms with Crippen LogP contribution in [0.2, 0.25) is 0 Å². The fourth-order valence-corrected chi connectivity index (χ4v) is 12.7. The molecule has 4 nitrogen and oxygen atoms in total. The SMILES string of the molecule is C1=CCC(N(c2ccc3ccc4c(N(c5ccccc5)c5cccc6c5oc5c(-c7ccccc7)cc7ccccc7c56)ccc5ccc2c3c54)c2cccc3c2oc2c(-c4ccccc4)cc4ccccc4c23)C=C1. The van der Waals surface area contributed by atoms with Gasteiger partial charge in [0.2, 0.25) is 0 Å². The first-order chi connectivity index (χ1) is 37.7. The number of rotatable bonds is 8. The highest BCUT2D eigenvalue weighted by Gasteiger charge is 2.29. The van der Waals surface area contributed by atoms with Crippen LogP contribution in [0.3, 0.4) is 0 Å². The monoisotopic (exact) mass is 970 g/mol. The predicted octanol–water partition coefficient (Wildman–Crippen LogP) is 20.5. The first-order valence-corrected chi connectivity index (χ1v) is 26.3. The Balaban J connectivity index is 0.933. The Morgan fingerprint density at radius 1 is 0.329 bits per heavy atom. The zero-order valence-corrected chi connectivity index (χ0v) is 41.3. The van der Waals surface area contributed by atoms with Gasteiger partial charge < -0.3 is 18.6 Å². The smallest absolute Gasteiger partial charge is 0.159 e. The van der Waals surface area contributed by atoms with E-state index in [-0.39, 0.29) is 6.04 Å². The van der Waals surface area contributed by atoms with Gasteiger partial charge in [-0.05, 0) is 109 Å². The second kappa shape index (κ2) is 16.8. The molecule has 13 aromatic carbocycles. The Hall–Kier alpha value is -9.90. The van der Waals surface area contributed by atoms with Crippen molar-refractivity contribution in [2.75, 3.05) is 9.80 Å². The Labute approximate surface area is 438 Å². The summed E-state index contributed by atoms with van der Waals surface area (Å²) in [6, 6.07) is 85.9.